The van der Waals surface area contributed by atoms with Crippen molar-refractivity contribution < 1.29 is 9.31 Å². The van der Waals surface area contributed by atoms with Gasteiger partial charge in [0, 0.05) is 31.3 Å². The van der Waals surface area contributed by atoms with E-state index in [2.05, 4.69) is 24.1 Å². The van der Waals surface area contributed by atoms with Crippen LogP contribution in [0.2, 0.25) is 0 Å². The molecule has 1 aliphatic heterocycles. The summed E-state index contributed by atoms with van der Waals surface area (Å²) in [5.41, 5.74) is 0.183. The van der Waals surface area contributed by atoms with Crippen LogP contribution in [0.25, 0.3) is 0 Å². The summed E-state index contributed by atoms with van der Waals surface area (Å²) in [5.74, 6) is -0.0198. The number of nitro benzene ring substituents is 1. The first-order valence-electron chi connectivity index (χ1n) is 6.89. The fourth-order valence-electron chi connectivity index (χ4n) is 2.56. The Balaban J connectivity index is 1.98. The van der Waals surface area contributed by atoms with Gasteiger partial charge < -0.3 is 10.2 Å². The Morgan fingerprint density at radius 1 is 1.55 bits per heavy atom. The van der Waals surface area contributed by atoms with Gasteiger partial charge in [0.25, 0.3) is 5.69 Å². The number of halogens is 1. The van der Waals surface area contributed by atoms with E-state index < -0.39 is 10.7 Å². The van der Waals surface area contributed by atoms with Crippen LogP contribution in [-0.4, -0.2) is 35.5 Å². The van der Waals surface area contributed by atoms with Crippen molar-refractivity contribution in [3.8, 4) is 0 Å². The van der Waals surface area contributed by atoms with Crippen LogP contribution < -0.4 is 5.32 Å². The van der Waals surface area contributed by atoms with Crippen LogP contribution in [0.4, 0.5) is 15.8 Å². The molecular formula is C14H20FN3O2. The molecule has 1 saturated heterocycles. The second-order valence-electron chi connectivity index (χ2n) is 5.54. The second-order valence-corrected chi connectivity index (χ2v) is 5.54. The lowest BCUT2D eigenvalue weighted by molar-refractivity contribution is -0.384. The molecule has 0 radical (unpaired) electrons. The number of benzene rings is 1. The molecule has 0 bridgehead atoms. The Kier molecular flexibility index (Phi) is 4.54. The Labute approximate surface area is 117 Å². The molecule has 0 amide bonds. The van der Waals surface area contributed by atoms with Crippen molar-refractivity contribution in [2.45, 2.75) is 26.3 Å². The van der Waals surface area contributed by atoms with Crippen LogP contribution >= 0.6 is 0 Å². The molecule has 1 heterocycles. The number of nitrogens with zero attached hydrogens (tertiary/aromatic N) is 2. The van der Waals surface area contributed by atoms with E-state index in [0.717, 1.165) is 25.6 Å². The van der Waals surface area contributed by atoms with Gasteiger partial charge in [0.1, 0.15) is 11.5 Å². The summed E-state index contributed by atoms with van der Waals surface area (Å²) in [7, 11) is 0. The molecule has 20 heavy (non-hydrogen) atoms. The zero-order valence-electron chi connectivity index (χ0n) is 11.8. The van der Waals surface area contributed by atoms with Crippen molar-refractivity contribution in [3.05, 3.63) is 34.1 Å². The minimum absolute atomic E-state index is 0.0786. The molecule has 1 aromatic carbocycles. The van der Waals surface area contributed by atoms with Gasteiger partial charge in [0.05, 0.1) is 4.92 Å². The maximum absolute atomic E-state index is 13.2. The van der Waals surface area contributed by atoms with Gasteiger partial charge in [-0.15, -0.1) is 0 Å². The van der Waals surface area contributed by atoms with E-state index in [9.17, 15) is 14.5 Å². The number of anilines is 1. The summed E-state index contributed by atoms with van der Waals surface area (Å²) < 4.78 is 13.2. The highest BCUT2D eigenvalue weighted by atomic mass is 19.1. The van der Waals surface area contributed by atoms with Crippen LogP contribution in [0, 0.1) is 21.8 Å². The Morgan fingerprint density at radius 3 is 2.90 bits per heavy atom. The fourth-order valence-corrected chi connectivity index (χ4v) is 2.56. The third-order valence-corrected chi connectivity index (χ3v) is 3.78. The predicted molar refractivity (Wildman–Crippen MR) is 76.4 cm³/mol. The summed E-state index contributed by atoms with van der Waals surface area (Å²) >= 11 is 0. The molecule has 1 unspecified atom stereocenters. The second kappa shape index (κ2) is 6.17. The molecular weight excluding hydrogens is 261 g/mol. The Bertz CT molecular complexity index is 493. The van der Waals surface area contributed by atoms with Gasteiger partial charge in [0.15, 0.2) is 0 Å². The summed E-state index contributed by atoms with van der Waals surface area (Å²) in [5, 5.41) is 13.9. The van der Waals surface area contributed by atoms with Crippen molar-refractivity contribution in [3.63, 3.8) is 0 Å². The highest BCUT2D eigenvalue weighted by molar-refractivity contribution is 5.61. The lowest BCUT2D eigenvalue weighted by atomic mass is 10.1. The molecule has 1 aromatic rings. The third kappa shape index (κ3) is 3.45. The monoisotopic (exact) mass is 281 g/mol. The summed E-state index contributed by atoms with van der Waals surface area (Å²) in [6.07, 6.45) is 1.06. The number of hydrogen-bond donors (Lipinski definition) is 1. The lowest BCUT2D eigenvalue weighted by Gasteiger charge is -2.20. The van der Waals surface area contributed by atoms with Crippen molar-refractivity contribution in [1.29, 1.82) is 0 Å². The van der Waals surface area contributed by atoms with Crippen LogP contribution in [0.3, 0.4) is 0 Å². The summed E-state index contributed by atoms with van der Waals surface area (Å²) in [4.78, 5) is 12.8. The Hall–Kier alpha value is -1.69. The van der Waals surface area contributed by atoms with Crippen molar-refractivity contribution >= 4 is 11.4 Å². The van der Waals surface area contributed by atoms with E-state index >= 15 is 0 Å². The van der Waals surface area contributed by atoms with Crippen LogP contribution in [0.1, 0.15) is 20.3 Å². The van der Waals surface area contributed by atoms with Crippen molar-refractivity contribution in [2.24, 2.45) is 5.92 Å². The van der Waals surface area contributed by atoms with Gasteiger partial charge >= 0.3 is 0 Å². The third-order valence-electron chi connectivity index (χ3n) is 3.78. The van der Waals surface area contributed by atoms with Gasteiger partial charge in [-0.25, -0.2) is 4.39 Å². The molecule has 110 valence electrons. The molecule has 2 rings (SSSR count). The van der Waals surface area contributed by atoms with E-state index in [-0.39, 0.29) is 11.4 Å². The first-order valence-corrected chi connectivity index (χ1v) is 6.89. The smallest absolute Gasteiger partial charge is 0.292 e. The summed E-state index contributed by atoms with van der Waals surface area (Å²) in [6, 6.07) is 4.02. The van der Waals surface area contributed by atoms with Crippen LogP contribution in [0.15, 0.2) is 18.2 Å². The van der Waals surface area contributed by atoms with Gasteiger partial charge in [-0.3, -0.25) is 10.1 Å². The van der Waals surface area contributed by atoms with E-state index in [1.165, 1.54) is 12.1 Å². The first-order chi connectivity index (χ1) is 9.47. The molecule has 1 aliphatic rings. The Morgan fingerprint density at radius 2 is 2.30 bits per heavy atom. The zero-order chi connectivity index (χ0) is 14.7. The molecule has 0 saturated carbocycles. The van der Waals surface area contributed by atoms with Crippen molar-refractivity contribution in [2.75, 3.05) is 25.0 Å². The molecule has 1 atom stereocenters. The molecule has 6 heteroatoms. The average Bonchev–Trinajstić information content (AvgIpc) is 2.85. The highest BCUT2D eigenvalue weighted by Crippen LogP contribution is 2.26. The predicted octanol–water partition coefficient (Wildman–Crippen LogP) is 2.88. The van der Waals surface area contributed by atoms with E-state index in [4.69, 9.17) is 0 Å². The topological polar surface area (TPSA) is 58.4 Å². The van der Waals surface area contributed by atoms with Gasteiger partial charge in [-0.1, -0.05) is 0 Å². The summed E-state index contributed by atoms with van der Waals surface area (Å²) in [6.45, 7) is 6.98. The molecule has 1 fully saturated rings. The number of hydrogen-bond acceptors (Lipinski definition) is 4. The standard InChI is InChI=1S/C14H20FN3O2/c1-10(2)17-6-5-11(9-17)8-16-13-7-12(15)3-4-14(13)18(19)20/h3-4,7,10-11,16H,5-6,8-9H2,1-2H3. The lowest BCUT2D eigenvalue weighted by Crippen LogP contribution is -2.29. The quantitative estimate of drug-likeness (QED) is 0.666. The number of nitrogens with one attached hydrogen (secondary N) is 1. The molecule has 5 nitrogen and oxygen atoms in total. The molecule has 0 aromatic heterocycles. The molecule has 0 aliphatic carbocycles. The highest BCUT2D eigenvalue weighted by Gasteiger charge is 2.24. The zero-order valence-corrected chi connectivity index (χ0v) is 11.8. The maximum Gasteiger partial charge on any atom is 0.292 e. The number of nitro groups is 1. The first kappa shape index (κ1) is 14.7. The average molecular weight is 281 g/mol. The largest absolute Gasteiger partial charge is 0.379 e. The SMILES string of the molecule is CC(C)N1CCC(CNc2cc(F)ccc2[N+](=O)[O-])C1. The molecule has 1 N–H and O–H groups in total. The number of rotatable bonds is 5. The van der Waals surface area contributed by atoms with Gasteiger partial charge in [-0.2, -0.15) is 0 Å². The van der Waals surface area contributed by atoms with Gasteiger partial charge in [0.2, 0.25) is 0 Å². The minimum atomic E-state index is -0.489. The fraction of sp³-hybridized carbons (Fsp3) is 0.571. The maximum atomic E-state index is 13.2. The van der Waals surface area contributed by atoms with Crippen LogP contribution in [-0.2, 0) is 0 Å². The number of likely N-dealkylation sites (tertiary alicyclic amines) is 1. The van der Waals surface area contributed by atoms with Crippen LogP contribution in [0.5, 0.6) is 0 Å². The van der Waals surface area contributed by atoms with E-state index in [1.807, 2.05) is 0 Å². The molecule has 0 spiro atoms. The van der Waals surface area contributed by atoms with E-state index in [1.54, 1.807) is 0 Å². The van der Waals surface area contributed by atoms with Gasteiger partial charge in [-0.05, 0) is 38.8 Å². The van der Waals surface area contributed by atoms with E-state index in [0.29, 0.717) is 18.5 Å². The van der Waals surface area contributed by atoms with Crippen molar-refractivity contribution in [1.82, 2.24) is 4.90 Å². The minimum Gasteiger partial charge on any atom is -0.379 e. The normalized spacial score (nSPS) is 19.5.